The van der Waals surface area contributed by atoms with Crippen molar-refractivity contribution in [3.05, 3.63) is 60.2 Å². The van der Waals surface area contributed by atoms with Gasteiger partial charge in [0.2, 0.25) is 0 Å². The number of fused-ring (bicyclic) bond motifs is 1. The molecule has 1 aliphatic rings. The molecule has 0 radical (unpaired) electrons. The number of aryl methyl sites for hydroxylation is 1. The van der Waals surface area contributed by atoms with Gasteiger partial charge in [-0.05, 0) is 36.8 Å². The first-order chi connectivity index (χ1) is 11.3. The van der Waals surface area contributed by atoms with E-state index in [1.165, 1.54) is 16.6 Å². The summed E-state index contributed by atoms with van der Waals surface area (Å²) >= 11 is 0. The Hall–Kier alpha value is -2.10. The minimum absolute atomic E-state index is 0. The number of pyridine rings is 1. The Morgan fingerprint density at radius 1 is 0.958 bits per heavy atom. The predicted octanol–water partition coefficient (Wildman–Crippen LogP) is 4.47. The second-order valence-corrected chi connectivity index (χ2v) is 5.99. The number of halogens is 1. The average molecular weight is 341 g/mol. The van der Waals surface area contributed by atoms with Gasteiger partial charge in [0.15, 0.2) is 0 Å². The van der Waals surface area contributed by atoms with Crippen LogP contribution >= 0.6 is 12.4 Å². The van der Waals surface area contributed by atoms with Crippen LogP contribution in [0.1, 0.15) is 5.56 Å². The number of morpholine rings is 1. The summed E-state index contributed by atoms with van der Waals surface area (Å²) in [5.41, 5.74) is 5.78. The van der Waals surface area contributed by atoms with Crippen molar-refractivity contribution in [3.63, 3.8) is 0 Å². The van der Waals surface area contributed by atoms with E-state index in [-0.39, 0.29) is 12.4 Å². The summed E-state index contributed by atoms with van der Waals surface area (Å²) in [6.45, 7) is 5.70. The molecule has 0 saturated carbocycles. The Bertz CT molecular complexity index is 827. The van der Waals surface area contributed by atoms with Crippen molar-refractivity contribution in [2.75, 3.05) is 31.2 Å². The topological polar surface area (TPSA) is 25.4 Å². The van der Waals surface area contributed by atoms with E-state index < -0.39 is 0 Å². The maximum atomic E-state index is 5.42. The summed E-state index contributed by atoms with van der Waals surface area (Å²) in [6, 6.07) is 19.2. The number of hydrogen-bond acceptors (Lipinski definition) is 3. The molecule has 3 nitrogen and oxygen atoms in total. The van der Waals surface area contributed by atoms with Gasteiger partial charge in [-0.3, -0.25) is 0 Å². The van der Waals surface area contributed by atoms with E-state index in [1.54, 1.807) is 0 Å². The van der Waals surface area contributed by atoms with Crippen molar-refractivity contribution < 1.29 is 4.74 Å². The number of benzene rings is 2. The first-order valence-corrected chi connectivity index (χ1v) is 8.11. The lowest BCUT2D eigenvalue weighted by Crippen LogP contribution is -2.36. The van der Waals surface area contributed by atoms with E-state index in [1.807, 2.05) is 6.07 Å². The molecule has 0 aliphatic carbocycles. The fourth-order valence-corrected chi connectivity index (χ4v) is 3.16. The van der Waals surface area contributed by atoms with Gasteiger partial charge in [-0.1, -0.05) is 30.3 Å². The maximum Gasteiger partial charge on any atom is 0.0712 e. The molecule has 24 heavy (non-hydrogen) atoms. The lowest BCUT2D eigenvalue weighted by molar-refractivity contribution is 0.122. The predicted molar refractivity (Wildman–Crippen MR) is 102 cm³/mol. The van der Waals surface area contributed by atoms with Crippen LogP contribution in [0.2, 0.25) is 0 Å². The second kappa shape index (κ2) is 7.20. The van der Waals surface area contributed by atoms with Gasteiger partial charge in [-0.2, -0.15) is 0 Å². The van der Waals surface area contributed by atoms with Gasteiger partial charge in [0.1, 0.15) is 0 Å². The fraction of sp³-hybridized carbons (Fsp3) is 0.250. The molecule has 0 unspecified atom stereocenters. The van der Waals surface area contributed by atoms with E-state index in [4.69, 9.17) is 9.72 Å². The minimum Gasteiger partial charge on any atom is -0.378 e. The Kier molecular flexibility index (Phi) is 5.03. The molecule has 3 aromatic rings. The zero-order valence-corrected chi connectivity index (χ0v) is 14.6. The number of nitrogens with zero attached hydrogens (tertiary/aromatic N) is 2. The van der Waals surface area contributed by atoms with Crippen molar-refractivity contribution in [3.8, 4) is 11.3 Å². The summed E-state index contributed by atoms with van der Waals surface area (Å²) < 4.78 is 5.42. The van der Waals surface area contributed by atoms with E-state index in [0.29, 0.717) is 0 Å². The zero-order chi connectivity index (χ0) is 15.6. The summed E-state index contributed by atoms with van der Waals surface area (Å²) in [6.07, 6.45) is 0. The molecule has 1 saturated heterocycles. The molecule has 0 atom stereocenters. The molecule has 1 fully saturated rings. The third-order valence-electron chi connectivity index (χ3n) is 4.46. The maximum absolute atomic E-state index is 5.42. The molecule has 4 heteroatoms. The number of para-hydroxylation sites is 1. The number of anilines is 1. The Balaban J connectivity index is 0.00000169. The molecule has 0 amide bonds. The highest BCUT2D eigenvalue weighted by atomic mass is 35.5. The van der Waals surface area contributed by atoms with Crippen LogP contribution in [-0.2, 0) is 4.74 Å². The molecule has 1 aliphatic heterocycles. The van der Waals surface area contributed by atoms with Gasteiger partial charge in [-0.15, -0.1) is 12.4 Å². The quantitative estimate of drug-likeness (QED) is 0.688. The molecule has 0 N–H and O–H groups in total. The SMILES string of the molecule is Cc1cc(-c2ccc(N3CCOCC3)cc2)nc2ccccc12.Cl. The second-order valence-electron chi connectivity index (χ2n) is 5.99. The third-order valence-corrected chi connectivity index (χ3v) is 4.46. The highest BCUT2D eigenvalue weighted by Crippen LogP contribution is 2.26. The third kappa shape index (κ3) is 3.23. The molecule has 2 aromatic carbocycles. The van der Waals surface area contributed by atoms with Crippen LogP contribution in [0.5, 0.6) is 0 Å². The van der Waals surface area contributed by atoms with Crippen LogP contribution in [0.15, 0.2) is 54.6 Å². The van der Waals surface area contributed by atoms with Crippen LogP contribution in [0.3, 0.4) is 0 Å². The first-order valence-electron chi connectivity index (χ1n) is 8.11. The molecule has 0 bridgehead atoms. The normalized spacial score (nSPS) is 14.5. The van der Waals surface area contributed by atoms with Gasteiger partial charge in [0.25, 0.3) is 0 Å². The monoisotopic (exact) mass is 340 g/mol. The number of hydrogen-bond donors (Lipinski definition) is 0. The van der Waals surface area contributed by atoms with Crippen molar-refractivity contribution in [2.24, 2.45) is 0 Å². The Morgan fingerprint density at radius 3 is 2.42 bits per heavy atom. The minimum atomic E-state index is 0. The van der Waals surface area contributed by atoms with Crippen LogP contribution in [0.25, 0.3) is 22.2 Å². The molecule has 4 rings (SSSR count). The highest BCUT2D eigenvalue weighted by Gasteiger charge is 2.11. The van der Waals surface area contributed by atoms with Crippen LogP contribution in [-0.4, -0.2) is 31.3 Å². The lowest BCUT2D eigenvalue weighted by Gasteiger charge is -2.28. The largest absolute Gasteiger partial charge is 0.378 e. The standard InChI is InChI=1S/C20H20N2O.ClH/c1-15-14-20(21-19-5-3-2-4-18(15)19)16-6-8-17(9-7-16)22-10-12-23-13-11-22;/h2-9,14H,10-13H2,1H3;1H. The van der Waals surface area contributed by atoms with E-state index in [0.717, 1.165) is 43.1 Å². The van der Waals surface area contributed by atoms with E-state index >= 15 is 0 Å². The van der Waals surface area contributed by atoms with Gasteiger partial charge in [0, 0.05) is 29.7 Å². The number of ether oxygens (including phenoxy) is 1. The van der Waals surface area contributed by atoms with Gasteiger partial charge >= 0.3 is 0 Å². The molecule has 1 aromatic heterocycles. The Morgan fingerprint density at radius 2 is 1.67 bits per heavy atom. The number of rotatable bonds is 2. The fourth-order valence-electron chi connectivity index (χ4n) is 3.16. The van der Waals surface area contributed by atoms with Gasteiger partial charge < -0.3 is 9.64 Å². The van der Waals surface area contributed by atoms with Crippen molar-refractivity contribution >= 4 is 29.0 Å². The molecular weight excluding hydrogens is 320 g/mol. The summed E-state index contributed by atoms with van der Waals surface area (Å²) in [7, 11) is 0. The Labute approximate surface area is 148 Å². The smallest absolute Gasteiger partial charge is 0.0712 e. The van der Waals surface area contributed by atoms with Crippen molar-refractivity contribution in [1.29, 1.82) is 0 Å². The molecule has 124 valence electrons. The van der Waals surface area contributed by atoms with Crippen LogP contribution in [0.4, 0.5) is 5.69 Å². The summed E-state index contributed by atoms with van der Waals surface area (Å²) in [5.74, 6) is 0. The van der Waals surface area contributed by atoms with Gasteiger partial charge in [0.05, 0.1) is 24.4 Å². The van der Waals surface area contributed by atoms with E-state index in [2.05, 4.69) is 60.4 Å². The van der Waals surface area contributed by atoms with Crippen LogP contribution in [0, 0.1) is 6.92 Å². The average Bonchev–Trinajstić information content (AvgIpc) is 2.63. The summed E-state index contributed by atoms with van der Waals surface area (Å²) in [5, 5.41) is 1.22. The molecule has 2 heterocycles. The number of aromatic nitrogens is 1. The molecular formula is C20H21ClN2O. The van der Waals surface area contributed by atoms with Crippen molar-refractivity contribution in [2.45, 2.75) is 6.92 Å². The van der Waals surface area contributed by atoms with E-state index in [9.17, 15) is 0 Å². The zero-order valence-electron chi connectivity index (χ0n) is 13.7. The van der Waals surface area contributed by atoms with Crippen LogP contribution < -0.4 is 4.90 Å². The first kappa shape index (κ1) is 16.7. The van der Waals surface area contributed by atoms with Crippen molar-refractivity contribution in [1.82, 2.24) is 4.98 Å². The lowest BCUT2D eigenvalue weighted by atomic mass is 10.0. The molecule has 0 spiro atoms. The summed E-state index contributed by atoms with van der Waals surface area (Å²) in [4.78, 5) is 7.18. The van der Waals surface area contributed by atoms with Gasteiger partial charge in [-0.25, -0.2) is 4.98 Å². The highest BCUT2D eigenvalue weighted by molar-refractivity contribution is 5.85.